The molecule has 0 saturated heterocycles. The summed E-state index contributed by atoms with van der Waals surface area (Å²) in [6, 6.07) is 23.4. The second kappa shape index (κ2) is 6.92. The number of aryl methyl sites for hydroxylation is 1. The van der Waals surface area contributed by atoms with Crippen molar-refractivity contribution in [2.75, 3.05) is 5.32 Å². The average molecular weight is 315 g/mol. The summed E-state index contributed by atoms with van der Waals surface area (Å²) in [4.78, 5) is 25.3. The Bertz CT molecular complexity index is 868. The van der Waals surface area contributed by atoms with Crippen LogP contribution in [0.2, 0.25) is 0 Å². The molecule has 3 aromatic rings. The molecule has 1 amide bonds. The second-order valence-corrected chi connectivity index (χ2v) is 5.56. The number of hydrogen-bond acceptors (Lipinski definition) is 2. The number of anilines is 1. The summed E-state index contributed by atoms with van der Waals surface area (Å²) < 4.78 is 0. The van der Waals surface area contributed by atoms with Crippen molar-refractivity contribution in [1.29, 1.82) is 0 Å². The smallest absolute Gasteiger partial charge is 0.256 e. The normalized spacial score (nSPS) is 10.2. The highest BCUT2D eigenvalue weighted by molar-refractivity contribution is 6.17. The van der Waals surface area contributed by atoms with E-state index in [2.05, 4.69) is 5.32 Å². The third-order valence-electron chi connectivity index (χ3n) is 3.76. The Morgan fingerprint density at radius 2 is 1.29 bits per heavy atom. The minimum Gasteiger partial charge on any atom is -0.322 e. The van der Waals surface area contributed by atoms with Gasteiger partial charge < -0.3 is 5.32 Å². The largest absolute Gasteiger partial charge is 0.322 e. The molecule has 3 heteroatoms. The predicted octanol–water partition coefficient (Wildman–Crippen LogP) is 4.48. The average Bonchev–Trinajstić information content (AvgIpc) is 2.63. The van der Waals surface area contributed by atoms with Gasteiger partial charge in [0.05, 0.1) is 5.56 Å². The van der Waals surface area contributed by atoms with Gasteiger partial charge in [-0.25, -0.2) is 0 Å². The lowest BCUT2D eigenvalue weighted by Gasteiger charge is -2.10. The molecule has 0 saturated carbocycles. The zero-order valence-corrected chi connectivity index (χ0v) is 13.3. The Morgan fingerprint density at radius 1 is 0.708 bits per heavy atom. The first kappa shape index (κ1) is 15.7. The van der Waals surface area contributed by atoms with Crippen LogP contribution in [0.15, 0.2) is 78.9 Å². The maximum atomic E-state index is 12.7. The van der Waals surface area contributed by atoms with Crippen LogP contribution >= 0.6 is 0 Å². The maximum absolute atomic E-state index is 12.7. The molecule has 0 spiro atoms. The Kier molecular flexibility index (Phi) is 4.52. The molecule has 0 bridgehead atoms. The zero-order valence-electron chi connectivity index (χ0n) is 13.3. The molecule has 118 valence electrons. The van der Waals surface area contributed by atoms with Gasteiger partial charge in [-0.15, -0.1) is 0 Å². The van der Waals surface area contributed by atoms with E-state index in [1.165, 1.54) is 0 Å². The molecule has 0 radical (unpaired) electrons. The maximum Gasteiger partial charge on any atom is 0.256 e. The lowest BCUT2D eigenvalue weighted by atomic mass is 9.98. The molecule has 3 aromatic carbocycles. The van der Waals surface area contributed by atoms with Crippen LogP contribution in [0.1, 0.15) is 31.8 Å². The van der Waals surface area contributed by atoms with Crippen molar-refractivity contribution in [3.8, 4) is 0 Å². The van der Waals surface area contributed by atoms with Crippen molar-refractivity contribution in [1.82, 2.24) is 0 Å². The number of carbonyl (C=O) groups is 2. The summed E-state index contributed by atoms with van der Waals surface area (Å²) in [5.41, 5.74) is 3.15. The minimum absolute atomic E-state index is 0.162. The molecule has 0 fully saturated rings. The van der Waals surface area contributed by atoms with Gasteiger partial charge in [0, 0.05) is 16.8 Å². The van der Waals surface area contributed by atoms with E-state index in [9.17, 15) is 9.59 Å². The third-order valence-corrected chi connectivity index (χ3v) is 3.76. The van der Waals surface area contributed by atoms with Crippen LogP contribution in [0, 0.1) is 6.92 Å². The van der Waals surface area contributed by atoms with Crippen LogP contribution in [0.4, 0.5) is 5.69 Å². The van der Waals surface area contributed by atoms with Crippen molar-refractivity contribution in [2.45, 2.75) is 6.92 Å². The fourth-order valence-electron chi connectivity index (χ4n) is 2.46. The van der Waals surface area contributed by atoms with Crippen LogP contribution in [-0.2, 0) is 0 Å². The Hall–Kier alpha value is -3.20. The summed E-state index contributed by atoms with van der Waals surface area (Å²) in [6.07, 6.45) is 0. The molecule has 24 heavy (non-hydrogen) atoms. The predicted molar refractivity (Wildman–Crippen MR) is 95.4 cm³/mol. The van der Waals surface area contributed by atoms with Gasteiger partial charge in [-0.2, -0.15) is 0 Å². The van der Waals surface area contributed by atoms with E-state index in [-0.39, 0.29) is 11.7 Å². The first-order valence-corrected chi connectivity index (χ1v) is 7.72. The summed E-state index contributed by atoms with van der Waals surface area (Å²) in [7, 11) is 0. The fraction of sp³-hybridized carbons (Fsp3) is 0.0476. The highest BCUT2D eigenvalue weighted by Crippen LogP contribution is 2.17. The third kappa shape index (κ3) is 3.41. The fourth-order valence-corrected chi connectivity index (χ4v) is 2.46. The van der Waals surface area contributed by atoms with E-state index in [1.54, 1.807) is 36.4 Å². The van der Waals surface area contributed by atoms with E-state index in [0.717, 1.165) is 5.56 Å². The van der Waals surface area contributed by atoms with E-state index in [0.29, 0.717) is 22.4 Å². The van der Waals surface area contributed by atoms with Gasteiger partial charge in [0.25, 0.3) is 5.91 Å². The number of amides is 1. The summed E-state index contributed by atoms with van der Waals surface area (Å²) in [6.45, 7) is 1.99. The number of carbonyl (C=O) groups excluding carboxylic acids is 2. The molecular formula is C21H17NO2. The van der Waals surface area contributed by atoms with Crippen molar-refractivity contribution in [2.24, 2.45) is 0 Å². The lowest BCUT2D eigenvalue weighted by molar-refractivity contribution is 0.0996. The number of nitrogens with one attached hydrogen (secondary N) is 1. The van der Waals surface area contributed by atoms with E-state index in [1.807, 2.05) is 49.4 Å². The molecule has 0 aliphatic rings. The minimum atomic E-state index is -0.293. The van der Waals surface area contributed by atoms with Crippen molar-refractivity contribution in [3.63, 3.8) is 0 Å². The van der Waals surface area contributed by atoms with Crippen molar-refractivity contribution >= 4 is 17.4 Å². The Labute approximate surface area is 141 Å². The summed E-state index contributed by atoms with van der Waals surface area (Å²) in [5, 5.41) is 2.84. The van der Waals surface area contributed by atoms with Crippen molar-refractivity contribution < 1.29 is 9.59 Å². The van der Waals surface area contributed by atoms with Crippen LogP contribution in [-0.4, -0.2) is 11.7 Å². The molecule has 1 N–H and O–H groups in total. The highest BCUT2D eigenvalue weighted by Gasteiger charge is 2.17. The monoisotopic (exact) mass is 315 g/mol. The molecule has 0 aromatic heterocycles. The molecule has 0 aliphatic heterocycles. The van der Waals surface area contributed by atoms with Gasteiger partial charge in [-0.3, -0.25) is 9.59 Å². The molecule has 0 unspecified atom stereocenters. The second-order valence-electron chi connectivity index (χ2n) is 5.56. The number of rotatable bonds is 4. The molecule has 0 heterocycles. The molecule has 3 nitrogen and oxygen atoms in total. The van der Waals surface area contributed by atoms with Gasteiger partial charge in [0.2, 0.25) is 0 Å². The first-order valence-electron chi connectivity index (χ1n) is 7.72. The molecular weight excluding hydrogens is 298 g/mol. The molecule has 0 aliphatic carbocycles. The van der Waals surface area contributed by atoms with Crippen LogP contribution in [0.3, 0.4) is 0 Å². The van der Waals surface area contributed by atoms with Crippen molar-refractivity contribution in [3.05, 3.63) is 101 Å². The van der Waals surface area contributed by atoms with Gasteiger partial charge in [-0.05, 0) is 25.1 Å². The Balaban J connectivity index is 1.90. The first-order chi connectivity index (χ1) is 11.6. The standard InChI is InChI=1S/C21H17NO2/c1-15-11-13-17(14-12-15)22-21(24)19-10-6-5-9-18(19)20(23)16-7-3-2-4-8-16/h2-14H,1H3,(H,22,24). The van der Waals surface area contributed by atoms with Crippen LogP contribution in [0.25, 0.3) is 0 Å². The number of benzene rings is 3. The van der Waals surface area contributed by atoms with Gasteiger partial charge in [0.1, 0.15) is 0 Å². The van der Waals surface area contributed by atoms with Gasteiger partial charge >= 0.3 is 0 Å². The van der Waals surface area contributed by atoms with Gasteiger partial charge in [-0.1, -0.05) is 66.2 Å². The summed E-state index contributed by atoms with van der Waals surface area (Å²) >= 11 is 0. The topological polar surface area (TPSA) is 46.2 Å². The quantitative estimate of drug-likeness (QED) is 0.722. The van der Waals surface area contributed by atoms with E-state index in [4.69, 9.17) is 0 Å². The van der Waals surface area contributed by atoms with Crippen LogP contribution in [0.5, 0.6) is 0 Å². The SMILES string of the molecule is Cc1ccc(NC(=O)c2ccccc2C(=O)c2ccccc2)cc1. The van der Waals surface area contributed by atoms with Gasteiger partial charge in [0.15, 0.2) is 5.78 Å². The van der Waals surface area contributed by atoms with E-state index < -0.39 is 0 Å². The van der Waals surface area contributed by atoms with Crippen LogP contribution < -0.4 is 5.32 Å². The Morgan fingerprint density at radius 3 is 1.96 bits per heavy atom. The zero-order chi connectivity index (χ0) is 16.9. The summed E-state index contributed by atoms with van der Waals surface area (Å²) in [5.74, 6) is -0.455. The number of hydrogen-bond donors (Lipinski definition) is 1. The van der Waals surface area contributed by atoms with E-state index >= 15 is 0 Å². The molecule has 3 rings (SSSR count). The lowest BCUT2D eigenvalue weighted by Crippen LogP contribution is -2.16. The highest BCUT2D eigenvalue weighted by atomic mass is 16.2. The molecule has 0 atom stereocenters. The number of ketones is 1.